The van der Waals surface area contributed by atoms with E-state index in [1.54, 1.807) is 6.92 Å². The normalized spacial score (nSPS) is 19.2. The molecule has 0 aliphatic carbocycles. The molecule has 1 aromatic heterocycles. The molecular weight excluding hydrogens is 343 g/mol. The fraction of sp³-hybridized carbons (Fsp3) is 0.714. The van der Waals surface area contributed by atoms with Gasteiger partial charge in [-0.2, -0.15) is 0 Å². The van der Waals surface area contributed by atoms with Gasteiger partial charge in [-0.25, -0.2) is 4.39 Å². The minimum Gasteiger partial charge on any atom is -0.369 e. The maximum absolute atomic E-state index is 14.4. The maximum Gasteiger partial charge on any atom is 0.229 e. The molecule has 0 radical (unpaired) electrons. The molecule has 6 heteroatoms. The third-order valence-corrected chi connectivity index (χ3v) is 5.86. The van der Waals surface area contributed by atoms with Gasteiger partial charge in [0.1, 0.15) is 5.82 Å². The molecule has 0 bridgehead atoms. The van der Waals surface area contributed by atoms with Crippen molar-refractivity contribution in [2.24, 2.45) is 11.7 Å². The highest BCUT2D eigenvalue weighted by atomic mass is 19.1. The molecule has 5 nitrogen and oxygen atoms in total. The standard InChI is InChI=1S/C21H35FN4O/c1-16(2)8-10-25-11-13-26(14-12-25)20(3,4)15-21(5,19(23)27)18-17(22)7-6-9-24-18/h6-7,9,16H,8,10-15H2,1-5H3,(H2,23,27). The van der Waals surface area contributed by atoms with E-state index in [1.807, 2.05) is 0 Å². The summed E-state index contributed by atoms with van der Waals surface area (Å²) in [7, 11) is 0. The van der Waals surface area contributed by atoms with E-state index in [4.69, 9.17) is 5.73 Å². The summed E-state index contributed by atoms with van der Waals surface area (Å²) < 4.78 is 14.4. The van der Waals surface area contributed by atoms with Crippen molar-refractivity contribution >= 4 is 5.91 Å². The zero-order valence-corrected chi connectivity index (χ0v) is 17.5. The van der Waals surface area contributed by atoms with Gasteiger partial charge in [-0.05, 0) is 58.2 Å². The van der Waals surface area contributed by atoms with Crippen LogP contribution in [0.15, 0.2) is 18.3 Å². The first kappa shape index (κ1) is 21.8. The first-order valence-corrected chi connectivity index (χ1v) is 9.94. The predicted molar refractivity (Wildman–Crippen MR) is 107 cm³/mol. The van der Waals surface area contributed by atoms with Crippen LogP contribution in [0.5, 0.6) is 0 Å². The van der Waals surface area contributed by atoms with Crippen LogP contribution in [0.2, 0.25) is 0 Å². The summed E-state index contributed by atoms with van der Waals surface area (Å²) in [4.78, 5) is 21.4. The number of piperazine rings is 1. The van der Waals surface area contributed by atoms with Gasteiger partial charge < -0.3 is 10.6 Å². The summed E-state index contributed by atoms with van der Waals surface area (Å²) in [5, 5.41) is 0. The quantitative estimate of drug-likeness (QED) is 0.756. The van der Waals surface area contributed by atoms with Gasteiger partial charge in [0.2, 0.25) is 5.91 Å². The van der Waals surface area contributed by atoms with Gasteiger partial charge in [0.25, 0.3) is 0 Å². The molecule has 1 atom stereocenters. The van der Waals surface area contributed by atoms with Crippen LogP contribution in [0.25, 0.3) is 0 Å². The smallest absolute Gasteiger partial charge is 0.229 e. The summed E-state index contributed by atoms with van der Waals surface area (Å²) in [5.74, 6) is -0.305. The van der Waals surface area contributed by atoms with Crippen LogP contribution >= 0.6 is 0 Å². The molecule has 0 saturated carbocycles. The Morgan fingerprint density at radius 3 is 2.41 bits per heavy atom. The number of hydrogen-bond acceptors (Lipinski definition) is 4. The van der Waals surface area contributed by atoms with E-state index >= 15 is 0 Å². The van der Waals surface area contributed by atoms with Crippen LogP contribution in [0.3, 0.4) is 0 Å². The highest BCUT2D eigenvalue weighted by Gasteiger charge is 2.44. The molecule has 1 saturated heterocycles. The van der Waals surface area contributed by atoms with Crippen molar-refractivity contribution in [2.45, 2.75) is 58.4 Å². The number of amides is 1. The van der Waals surface area contributed by atoms with Crippen molar-refractivity contribution in [3.8, 4) is 0 Å². The minimum absolute atomic E-state index is 0.140. The monoisotopic (exact) mass is 378 g/mol. The number of carbonyl (C=O) groups is 1. The van der Waals surface area contributed by atoms with Crippen LogP contribution in [-0.4, -0.2) is 59.0 Å². The molecular formula is C21H35FN4O. The van der Waals surface area contributed by atoms with Crippen molar-refractivity contribution in [1.29, 1.82) is 0 Å². The Morgan fingerprint density at radius 1 is 1.26 bits per heavy atom. The Kier molecular flexibility index (Phi) is 6.98. The second-order valence-corrected chi connectivity index (χ2v) is 9.03. The summed E-state index contributed by atoms with van der Waals surface area (Å²) in [6, 6.07) is 2.87. The molecule has 0 aromatic carbocycles. The molecule has 1 aromatic rings. The van der Waals surface area contributed by atoms with Gasteiger partial charge in [-0.3, -0.25) is 14.7 Å². The Labute approximate surface area is 163 Å². The third-order valence-electron chi connectivity index (χ3n) is 5.86. The molecule has 1 aliphatic heterocycles. The second-order valence-electron chi connectivity index (χ2n) is 9.03. The maximum atomic E-state index is 14.4. The van der Waals surface area contributed by atoms with Crippen molar-refractivity contribution < 1.29 is 9.18 Å². The number of aromatic nitrogens is 1. The van der Waals surface area contributed by atoms with Gasteiger partial charge in [0.15, 0.2) is 0 Å². The molecule has 1 unspecified atom stereocenters. The predicted octanol–water partition coefficient (Wildman–Crippen LogP) is 2.80. The van der Waals surface area contributed by atoms with Gasteiger partial charge in [0, 0.05) is 37.9 Å². The first-order valence-electron chi connectivity index (χ1n) is 9.94. The molecule has 0 spiro atoms. The Morgan fingerprint density at radius 2 is 1.89 bits per heavy atom. The van der Waals surface area contributed by atoms with Gasteiger partial charge in [-0.1, -0.05) is 13.8 Å². The summed E-state index contributed by atoms with van der Waals surface area (Å²) in [6.07, 6.45) is 3.15. The lowest BCUT2D eigenvalue weighted by molar-refractivity contribution is -0.125. The van der Waals surface area contributed by atoms with Crippen molar-refractivity contribution in [3.05, 3.63) is 29.8 Å². The fourth-order valence-electron chi connectivity index (χ4n) is 4.07. The van der Waals surface area contributed by atoms with Crippen molar-refractivity contribution in [3.63, 3.8) is 0 Å². The number of nitrogens with two attached hydrogens (primary N) is 1. The number of nitrogens with zero attached hydrogens (tertiary/aromatic N) is 3. The molecule has 152 valence electrons. The van der Waals surface area contributed by atoms with Crippen LogP contribution < -0.4 is 5.73 Å². The molecule has 1 amide bonds. The van der Waals surface area contributed by atoms with E-state index in [-0.39, 0.29) is 11.2 Å². The van der Waals surface area contributed by atoms with E-state index < -0.39 is 17.1 Å². The van der Waals surface area contributed by atoms with Crippen LogP contribution in [-0.2, 0) is 10.2 Å². The molecule has 27 heavy (non-hydrogen) atoms. The number of pyridine rings is 1. The molecule has 2 N–H and O–H groups in total. The average Bonchev–Trinajstić information content (AvgIpc) is 2.60. The minimum atomic E-state index is -1.15. The number of primary amides is 1. The average molecular weight is 379 g/mol. The van der Waals surface area contributed by atoms with Crippen LogP contribution in [0.4, 0.5) is 4.39 Å². The van der Waals surface area contributed by atoms with E-state index in [0.29, 0.717) is 12.3 Å². The summed E-state index contributed by atoms with van der Waals surface area (Å²) in [5.41, 5.74) is 4.42. The van der Waals surface area contributed by atoms with Gasteiger partial charge >= 0.3 is 0 Å². The lowest BCUT2D eigenvalue weighted by atomic mass is 9.74. The molecule has 1 aliphatic rings. The van der Waals surface area contributed by atoms with E-state index in [1.165, 1.54) is 24.8 Å². The van der Waals surface area contributed by atoms with E-state index in [9.17, 15) is 9.18 Å². The summed E-state index contributed by atoms with van der Waals surface area (Å²) in [6.45, 7) is 15.5. The first-order chi connectivity index (χ1) is 12.6. The zero-order chi connectivity index (χ0) is 20.2. The SMILES string of the molecule is CC(C)CCN1CCN(C(C)(C)CC(C)(C(N)=O)c2ncccc2F)CC1. The van der Waals surface area contributed by atoms with Gasteiger partial charge in [-0.15, -0.1) is 0 Å². The number of rotatable bonds is 8. The van der Waals surface area contributed by atoms with E-state index in [2.05, 4.69) is 42.5 Å². The Balaban J connectivity index is 2.10. The number of hydrogen-bond donors (Lipinski definition) is 1. The Bertz CT molecular complexity index is 641. The largest absolute Gasteiger partial charge is 0.369 e. The summed E-state index contributed by atoms with van der Waals surface area (Å²) >= 11 is 0. The van der Waals surface area contributed by atoms with Crippen LogP contribution in [0, 0.1) is 11.7 Å². The van der Waals surface area contributed by atoms with E-state index in [0.717, 1.165) is 32.7 Å². The third kappa shape index (κ3) is 5.26. The fourth-order valence-corrected chi connectivity index (χ4v) is 4.07. The highest BCUT2D eigenvalue weighted by molar-refractivity contribution is 5.85. The zero-order valence-electron chi connectivity index (χ0n) is 17.5. The van der Waals surface area contributed by atoms with Crippen molar-refractivity contribution in [2.75, 3.05) is 32.7 Å². The lowest BCUT2D eigenvalue weighted by Crippen LogP contribution is -2.58. The van der Waals surface area contributed by atoms with Gasteiger partial charge in [0.05, 0.1) is 11.1 Å². The number of carbonyl (C=O) groups excluding carboxylic acids is 1. The molecule has 1 fully saturated rings. The number of halogens is 1. The second kappa shape index (κ2) is 8.65. The topological polar surface area (TPSA) is 62.5 Å². The highest BCUT2D eigenvalue weighted by Crippen LogP contribution is 2.36. The Hall–Kier alpha value is -1.53. The molecule has 2 heterocycles. The van der Waals surface area contributed by atoms with Crippen molar-refractivity contribution in [1.82, 2.24) is 14.8 Å². The van der Waals surface area contributed by atoms with Crippen LogP contribution in [0.1, 0.15) is 53.2 Å². The lowest BCUT2D eigenvalue weighted by Gasteiger charge is -2.47. The molecule has 2 rings (SSSR count).